The fourth-order valence-electron chi connectivity index (χ4n) is 5.54. The molecule has 0 aliphatic carbocycles. The monoisotopic (exact) mass is 607 g/mol. The minimum atomic E-state index is -5.10. The summed E-state index contributed by atoms with van der Waals surface area (Å²) in [4.78, 5) is 39.1. The highest BCUT2D eigenvalue weighted by Gasteiger charge is 2.40. The average molecular weight is 608 g/mol. The molecular weight excluding hydrogens is 577 g/mol. The molecule has 0 bridgehead atoms. The van der Waals surface area contributed by atoms with Gasteiger partial charge in [-0.15, -0.1) is 0 Å². The van der Waals surface area contributed by atoms with Gasteiger partial charge >= 0.3 is 6.18 Å². The average Bonchev–Trinajstić information content (AvgIpc) is 3.36. The molecule has 0 spiro atoms. The summed E-state index contributed by atoms with van der Waals surface area (Å²) in [7, 11) is 4.53. The number of carbonyl (C=O) groups is 1. The van der Waals surface area contributed by atoms with Crippen LogP contribution in [-0.2, 0) is 18.0 Å². The molecule has 2 N–H and O–H groups in total. The zero-order chi connectivity index (χ0) is 31.2. The molecule has 3 aromatic rings. The summed E-state index contributed by atoms with van der Waals surface area (Å²) in [5.74, 6) is -1.84. The number of nitrogens with two attached hydrogens (primary N) is 1. The van der Waals surface area contributed by atoms with Gasteiger partial charge in [-0.05, 0) is 26.2 Å². The summed E-state index contributed by atoms with van der Waals surface area (Å²) in [5.41, 5.74) is 1.42. The van der Waals surface area contributed by atoms with Crippen molar-refractivity contribution in [3.05, 3.63) is 57.9 Å². The Balaban J connectivity index is 1.74. The maximum Gasteiger partial charge on any atom is 0.417 e. The third kappa shape index (κ3) is 5.78. The molecule has 10 nitrogen and oxygen atoms in total. The van der Waals surface area contributed by atoms with Gasteiger partial charge in [0.15, 0.2) is 0 Å². The SMILES string of the molecule is CN(C)C1CN(c2cc(F)c(-c3cnc(N4CCOCC4)nc3)cc2-c2c(C(N)=O)c(C(F)(F)F)cc(=O)n2C)CC1F. The number of primary amides is 1. The molecule has 43 heavy (non-hydrogen) atoms. The third-order valence-electron chi connectivity index (χ3n) is 7.80. The minimum Gasteiger partial charge on any atom is -0.378 e. The number of halogens is 5. The Hall–Kier alpha value is -4.11. The molecule has 0 radical (unpaired) electrons. The highest BCUT2D eigenvalue weighted by Crippen LogP contribution is 2.42. The van der Waals surface area contributed by atoms with Crippen molar-refractivity contribution in [2.24, 2.45) is 12.8 Å². The lowest BCUT2D eigenvalue weighted by Gasteiger charge is -2.27. The van der Waals surface area contributed by atoms with Crippen molar-refractivity contribution in [3.8, 4) is 22.4 Å². The van der Waals surface area contributed by atoms with E-state index in [2.05, 4.69) is 9.97 Å². The van der Waals surface area contributed by atoms with Gasteiger partial charge in [0.25, 0.3) is 11.5 Å². The molecular formula is C28H30F5N7O3. The normalized spacial score (nSPS) is 19.4. The Morgan fingerprint density at radius 2 is 1.70 bits per heavy atom. The zero-order valence-electron chi connectivity index (χ0n) is 23.7. The molecule has 230 valence electrons. The van der Waals surface area contributed by atoms with Crippen molar-refractivity contribution in [2.75, 3.05) is 63.3 Å². The number of aromatic nitrogens is 3. The maximum absolute atomic E-state index is 15.8. The summed E-state index contributed by atoms with van der Waals surface area (Å²) in [6.07, 6.45) is -3.73. The summed E-state index contributed by atoms with van der Waals surface area (Å²) in [6, 6.07) is 1.97. The molecule has 2 fully saturated rings. The lowest BCUT2D eigenvalue weighted by molar-refractivity contribution is -0.138. The standard InChI is InChI=1S/C28H30F5N7O3/c1-37(2)22-14-40(13-20(22)30)21-10-19(29)16(15-11-35-27(36-12-15)39-4-6-43-7-5-39)8-17(21)25-24(26(34)42)18(28(31,32)33)9-23(41)38(25)3/h8-12,20,22H,4-7,13-14H2,1-3H3,(H2,34,42). The zero-order valence-corrected chi connectivity index (χ0v) is 23.7. The number of anilines is 2. The Morgan fingerprint density at radius 1 is 1.05 bits per heavy atom. The third-order valence-corrected chi connectivity index (χ3v) is 7.80. The van der Waals surface area contributed by atoms with Crippen molar-refractivity contribution in [1.29, 1.82) is 0 Å². The van der Waals surface area contributed by atoms with Crippen LogP contribution in [0.5, 0.6) is 0 Å². The van der Waals surface area contributed by atoms with Gasteiger partial charge in [-0.2, -0.15) is 13.2 Å². The number of benzene rings is 1. The second-order valence-corrected chi connectivity index (χ2v) is 10.7. The van der Waals surface area contributed by atoms with Crippen LogP contribution in [0.25, 0.3) is 22.4 Å². The van der Waals surface area contributed by atoms with Crippen LogP contribution in [0.2, 0.25) is 0 Å². The van der Waals surface area contributed by atoms with Crippen molar-refractivity contribution in [2.45, 2.75) is 18.4 Å². The minimum absolute atomic E-state index is 0.00377. The van der Waals surface area contributed by atoms with Crippen LogP contribution in [0.1, 0.15) is 15.9 Å². The molecule has 2 unspecified atom stereocenters. The lowest BCUT2D eigenvalue weighted by atomic mass is 9.94. The summed E-state index contributed by atoms with van der Waals surface area (Å²) in [6.45, 7) is 1.97. The number of alkyl halides is 4. The van der Waals surface area contributed by atoms with Gasteiger partial charge in [0.05, 0.1) is 42.6 Å². The van der Waals surface area contributed by atoms with E-state index in [4.69, 9.17) is 10.5 Å². The fourth-order valence-corrected chi connectivity index (χ4v) is 5.54. The van der Waals surface area contributed by atoms with E-state index in [1.165, 1.54) is 30.4 Å². The van der Waals surface area contributed by atoms with Gasteiger partial charge in [-0.25, -0.2) is 18.7 Å². The molecule has 2 aliphatic heterocycles. The highest BCUT2D eigenvalue weighted by molar-refractivity contribution is 6.02. The number of rotatable bonds is 6. The predicted molar refractivity (Wildman–Crippen MR) is 149 cm³/mol. The quantitative estimate of drug-likeness (QED) is 0.427. The topological polar surface area (TPSA) is 110 Å². The molecule has 2 saturated heterocycles. The first-order valence-corrected chi connectivity index (χ1v) is 13.4. The van der Waals surface area contributed by atoms with Crippen molar-refractivity contribution < 1.29 is 31.5 Å². The Bertz CT molecular complexity index is 1590. The first-order chi connectivity index (χ1) is 20.3. The van der Waals surface area contributed by atoms with Crippen LogP contribution in [-0.4, -0.2) is 91.0 Å². The molecule has 2 aromatic heterocycles. The summed E-state index contributed by atoms with van der Waals surface area (Å²) in [5, 5.41) is 0. The van der Waals surface area contributed by atoms with E-state index in [0.717, 1.165) is 10.6 Å². The van der Waals surface area contributed by atoms with E-state index in [1.54, 1.807) is 19.0 Å². The van der Waals surface area contributed by atoms with Gasteiger partial charge in [-0.1, -0.05) is 0 Å². The smallest absolute Gasteiger partial charge is 0.378 e. The molecule has 4 heterocycles. The second-order valence-electron chi connectivity index (χ2n) is 10.7. The van der Waals surface area contributed by atoms with Crippen LogP contribution in [0.15, 0.2) is 35.4 Å². The van der Waals surface area contributed by atoms with E-state index in [0.29, 0.717) is 38.3 Å². The fraction of sp³-hybridized carbons (Fsp3) is 0.429. The van der Waals surface area contributed by atoms with E-state index < -0.39 is 52.5 Å². The lowest BCUT2D eigenvalue weighted by Crippen LogP contribution is -2.37. The largest absolute Gasteiger partial charge is 0.417 e. The number of morpholine rings is 1. The van der Waals surface area contributed by atoms with Crippen LogP contribution in [0, 0.1) is 5.82 Å². The second kappa shape index (κ2) is 11.5. The molecule has 1 amide bonds. The first-order valence-electron chi connectivity index (χ1n) is 13.4. The van der Waals surface area contributed by atoms with Gasteiger partial charge < -0.3 is 29.7 Å². The molecule has 2 atom stereocenters. The first kappa shape index (κ1) is 30.4. The predicted octanol–water partition coefficient (Wildman–Crippen LogP) is 2.69. The van der Waals surface area contributed by atoms with E-state index in [9.17, 15) is 22.8 Å². The number of likely N-dealkylation sites (N-methyl/N-ethyl adjacent to an activating group) is 1. The summed E-state index contributed by atoms with van der Waals surface area (Å²) < 4.78 is 79.4. The van der Waals surface area contributed by atoms with Crippen LogP contribution < -0.4 is 21.1 Å². The van der Waals surface area contributed by atoms with E-state index >= 15 is 8.78 Å². The van der Waals surface area contributed by atoms with Crippen molar-refractivity contribution in [1.82, 2.24) is 19.4 Å². The number of ether oxygens (including phenoxy) is 1. The van der Waals surface area contributed by atoms with Crippen LogP contribution in [0.4, 0.5) is 33.6 Å². The Labute approximate surface area is 243 Å². The summed E-state index contributed by atoms with van der Waals surface area (Å²) >= 11 is 0. The number of amides is 1. The van der Waals surface area contributed by atoms with Crippen LogP contribution in [0.3, 0.4) is 0 Å². The molecule has 15 heteroatoms. The van der Waals surface area contributed by atoms with Gasteiger partial charge in [0.1, 0.15) is 12.0 Å². The van der Waals surface area contributed by atoms with Crippen molar-refractivity contribution >= 4 is 17.5 Å². The Kier molecular flexibility index (Phi) is 8.13. The van der Waals surface area contributed by atoms with E-state index in [-0.39, 0.29) is 35.5 Å². The Morgan fingerprint density at radius 3 is 2.26 bits per heavy atom. The van der Waals surface area contributed by atoms with Crippen LogP contribution >= 0.6 is 0 Å². The number of hydrogen-bond acceptors (Lipinski definition) is 8. The molecule has 5 rings (SSSR count). The molecule has 2 aliphatic rings. The van der Waals surface area contributed by atoms with Gasteiger partial charge in [0.2, 0.25) is 5.95 Å². The van der Waals surface area contributed by atoms with Gasteiger partial charge in [0, 0.05) is 67.5 Å². The van der Waals surface area contributed by atoms with E-state index in [1.807, 2.05) is 4.90 Å². The molecule has 1 aromatic carbocycles. The number of pyridine rings is 1. The molecule has 0 saturated carbocycles. The maximum atomic E-state index is 15.8. The highest BCUT2D eigenvalue weighted by atomic mass is 19.4. The van der Waals surface area contributed by atoms with Crippen molar-refractivity contribution in [3.63, 3.8) is 0 Å². The number of nitrogens with zero attached hydrogens (tertiary/aromatic N) is 6. The number of carbonyl (C=O) groups excluding carboxylic acids is 1. The number of hydrogen-bond donors (Lipinski definition) is 1. The van der Waals surface area contributed by atoms with Gasteiger partial charge in [-0.3, -0.25) is 9.59 Å².